The highest BCUT2D eigenvalue weighted by atomic mass is 79.9. The first kappa shape index (κ1) is 16.7. The number of aromatic nitrogens is 1. The van der Waals surface area contributed by atoms with Gasteiger partial charge in [-0.1, -0.05) is 0 Å². The lowest BCUT2D eigenvalue weighted by Crippen LogP contribution is -2.65. The Labute approximate surface area is 162 Å². The molecule has 2 aliphatic carbocycles. The summed E-state index contributed by atoms with van der Waals surface area (Å²) in [5, 5.41) is 9.94. The normalized spacial score (nSPS) is 37.5. The second-order valence-corrected chi connectivity index (χ2v) is 9.93. The number of nitriles is 1. The molecule has 0 aromatic carbocycles. The molecule has 6 heteroatoms. The number of fused-ring (bicyclic) bond motifs is 2. The monoisotopic (exact) mass is 414 g/mol. The Hall–Kier alpha value is -1.45. The van der Waals surface area contributed by atoms with Crippen molar-refractivity contribution in [3.8, 4) is 6.07 Å². The zero-order chi connectivity index (χ0) is 18.3. The van der Waals surface area contributed by atoms with Crippen LogP contribution in [0, 0.1) is 23.2 Å². The molecule has 1 saturated heterocycles. The van der Waals surface area contributed by atoms with Crippen LogP contribution in [0.5, 0.6) is 0 Å². The molecule has 136 valence electrons. The van der Waals surface area contributed by atoms with Crippen molar-refractivity contribution in [1.29, 1.82) is 5.26 Å². The van der Waals surface area contributed by atoms with Crippen LogP contribution in [0.2, 0.25) is 0 Å². The van der Waals surface area contributed by atoms with Gasteiger partial charge in [-0.2, -0.15) is 5.26 Å². The molecule has 5 nitrogen and oxygen atoms in total. The van der Waals surface area contributed by atoms with Gasteiger partial charge in [-0.15, -0.1) is 0 Å². The van der Waals surface area contributed by atoms with Gasteiger partial charge in [0.1, 0.15) is 5.54 Å². The molecule has 2 atom stereocenters. The predicted octanol–water partition coefficient (Wildman–Crippen LogP) is 3.23. The molecule has 0 bridgehead atoms. The maximum absolute atomic E-state index is 13.1. The summed E-state index contributed by atoms with van der Waals surface area (Å²) in [5.41, 5.74) is 0.767. The number of anilines is 1. The number of carbonyl (C=O) groups is 1. The fraction of sp³-hybridized carbons (Fsp3) is 0.650. The number of rotatable bonds is 2. The van der Waals surface area contributed by atoms with Gasteiger partial charge >= 0.3 is 0 Å². The summed E-state index contributed by atoms with van der Waals surface area (Å²) in [5.74, 6) is 1.82. The molecule has 1 aromatic rings. The molecular weight excluding hydrogens is 392 g/mol. The quantitative estimate of drug-likeness (QED) is 0.744. The fourth-order valence-corrected chi connectivity index (χ4v) is 5.58. The predicted molar refractivity (Wildman–Crippen MR) is 102 cm³/mol. The van der Waals surface area contributed by atoms with Crippen LogP contribution < -0.4 is 4.90 Å². The largest absolute Gasteiger partial charge is 0.306 e. The number of carbonyl (C=O) groups excluding carboxylic acids is 1. The van der Waals surface area contributed by atoms with E-state index in [1.54, 1.807) is 6.20 Å². The van der Waals surface area contributed by atoms with Gasteiger partial charge in [0.2, 0.25) is 5.91 Å². The van der Waals surface area contributed by atoms with E-state index >= 15 is 0 Å². The Balaban J connectivity index is 1.41. The van der Waals surface area contributed by atoms with E-state index in [1.807, 2.05) is 24.8 Å². The Morgan fingerprint density at radius 2 is 2.12 bits per heavy atom. The molecule has 2 unspecified atom stereocenters. The van der Waals surface area contributed by atoms with Crippen molar-refractivity contribution in [2.45, 2.75) is 56.5 Å². The fourth-order valence-electron chi connectivity index (χ4n) is 5.26. The van der Waals surface area contributed by atoms with Gasteiger partial charge in [0.15, 0.2) is 0 Å². The highest BCUT2D eigenvalue weighted by Crippen LogP contribution is 2.52. The van der Waals surface area contributed by atoms with Crippen LogP contribution in [0.1, 0.15) is 45.2 Å². The van der Waals surface area contributed by atoms with Gasteiger partial charge in [-0.3, -0.25) is 14.7 Å². The van der Waals surface area contributed by atoms with Crippen LogP contribution in [0.3, 0.4) is 0 Å². The van der Waals surface area contributed by atoms with E-state index in [-0.39, 0.29) is 17.5 Å². The number of halogens is 1. The molecular formula is C20H23BrN4O. The molecule has 3 heterocycles. The average molecular weight is 415 g/mol. The van der Waals surface area contributed by atoms with E-state index in [2.05, 4.69) is 31.9 Å². The maximum atomic E-state index is 13.1. The molecule has 3 fully saturated rings. The number of hydrogen-bond acceptors (Lipinski definition) is 4. The summed E-state index contributed by atoms with van der Waals surface area (Å²) in [6, 6.07) is 4.70. The number of piperidine rings is 1. The van der Waals surface area contributed by atoms with Gasteiger partial charge in [0.05, 0.1) is 22.9 Å². The van der Waals surface area contributed by atoms with Crippen LogP contribution >= 0.6 is 15.9 Å². The summed E-state index contributed by atoms with van der Waals surface area (Å²) in [4.78, 5) is 22.0. The number of nitrogens with zero attached hydrogens (tertiary/aromatic N) is 4. The lowest BCUT2D eigenvalue weighted by Gasteiger charge is -2.53. The Morgan fingerprint density at radius 3 is 2.81 bits per heavy atom. The van der Waals surface area contributed by atoms with Gasteiger partial charge in [-0.05, 0) is 67.1 Å². The summed E-state index contributed by atoms with van der Waals surface area (Å²) in [7, 11) is 0. The molecule has 0 radical (unpaired) electrons. The average Bonchev–Trinajstić information content (AvgIpc) is 3.32. The van der Waals surface area contributed by atoms with E-state index < -0.39 is 5.41 Å². The van der Waals surface area contributed by atoms with Crippen molar-refractivity contribution in [3.63, 3.8) is 0 Å². The Morgan fingerprint density at radius 1 is 1.35 bits per heavy atom. The zero-order valence-corrected chi connectivity index (χ0v) is 16.8. The van der Waals surface area contributed by atoms with Crippen LogP contribution in [-0.4, -0.2) is 40.5 Å². The van der Waals surface area contributed by atoms with E-state index in [9.17, 15) is 10.1 Å². The topological polar surface area (TPSA) is 60.2 Å². The lowest BCUT2D eigenvalue weighted by molar-refractivity contribution is -0.123. The van der Waals surface area contributed by atoms with Crippen LogP contribution in [0.25, 0.3) is 0 Å². The third-order valence-electron chi connectivity index (χ3n) is 7.06. The number of likely N-dealkylation sites (tertiary alicyclic amines) is 1. The second kappa shape index (κ2) is 5.30. The summed E-state index contributed by atoms with van der Waals surface area (Å²) in [6.45, 7) is 5.99. The van der Waals surface area contributed by atoms with Gasteiger partial charge < -0.3 is 4.90 Å². The first-order valence-corrected chi connectivity index (χ1v) is 10.3. The zero-order valence-electron chi connectivity index (χ0n) is 15.2. The van der Waals surface area contributed by atoms with E-state index in [1.165, 1.54) is 12.8 Å². The van der Waals surface area contributed by atoms with Crippen molar-refractivity contribution in [2.75, 3.05) is 18.0 Å². The first-order valence-electron chi connectivity index (χ1n) is 9.52. The molecule has 4 aliphatic rings. The van der Waals surface area contributed by atoms with Crippen LogP contribution in [0.15, 0.2) is 16.7 Å². The molecule has 26 heavy (non-hydrogen) atoms. The third kappa shape index (κ3) is 2.16. The van der Waals surface area contributed by atoms with Gasteiger partial charge in [0.25, 0.3) is 0 Å². The molecule has 0 spiro atoms. The van der Waals surface area contributed by atoms with E-state index in [0.717, 1.165) is 53.6 Å². The molecule has 1 aromatic heterocycles. The third-order valence-corrected chi connectivity index (χ3v) is 7.49. The maximum Gasteiger partial charge on any atom is 0.239 e. The SMILES string of the molecule is CC1(C)C(=O)N(C2CC(C#N)(N3CCC4CC4C3)C2)c2cc(Br)cnc21. The number of hydrogen-bond donors (Lipinski definition) is 0. The van der Waals surface area contributed by atoms with Crippen LogP contribution in [-0.2, 0) is 10.2 Å². The van der Waals surface area contributed by atoms with Crippen molar-refractivity contribution in [2.24, 2.45) is 11.8 Å². The minimum absolute atomic E-state index is 0.0932. The van der Waals surface area contributed by atoms with Crippen molar-refractivity contribution in [3.05, 3.63) is 22.4 Å². The van der Waals surface area contributed by atoms with Gasteiger partial charge in [0, 0.05) is 36.1 Å². The van der Waals surface area contributed by atoms with Crippen molar-refractivity contribution >= 4 is 27.5 Å². The van der Waals surface area contributed by atoms with E-state index in [0.29, 0.717) is 0 Å². The van der Waals surface area contributed by atoms with E-state index in [4.69, 9.17) is 0 Å². The van der Waals surface area contributed by atoms with Crippen LogP contribution in [0.4, 0.5) is 5.69 Å². The van der Waals surface area contributed by atoms with Crippen molar-refractivity contribution in [1.82, 2.24) is 9.88 Å². The molecule has 0 N–H and O–H groups in total. The number of pyridine rings is 1. The standard InChI is InChI=1S/C20H23BrN4O/c1-19(2)17-16(6-14(21)9-23-17)25(18(19)26)15-7-20(8-15,11-22)24-4-3-12-5-13(12)10-24/h6,9,12-13,15H,3-5,7-8,10H2,1-2H3. The van der Waals surface area contributed by atoms with Gasteiger partial charge in [-0.25, -0.2) is 0 Å². The van der Waals surface area contributed by atoms with Crippen molar-refractivity contribution < 1.29 is 4.79 Å². The summed E-state index contributed by atoms with van der Waals surface area (Å²) in [6.07, 6.45) is 5.82. The minimum atomic E-state index is -0.604. The first-order chi connectivity index (χ1) is 12.4. The summed E-state index contributed by atoms with van der Waals surface area (Å²) >= 11 is 3.49. The smallest absolute Gasteiger partial charge is 0.239 e. The highest BCUT2D eigenvalue weighted by Gasteiger charge is 2.58. The minimum Gasteiger partial charge on any atom is -0.306 e. The molecule has 2 aliphatic heterocycles. The lowest BCUT2D eigenvalue weighted by atomic mass is 9.70. The number of amides is 1. The molecule has 2 saturated carbocycles. The Bertz CT molecular complexity index is 839. The Kier molecular flexibility index (Phi) is 3.40. The summed E-state index contributed by atoms with van der Waals surface area (Å²) < 4.78 is 0.883. The second-order valence-electron chi connectivity index (χ2n) is 9.02. The molecule has 5 rings (SSSR count). The molecule has 1 amide bonds. The highest BCUT2D eigenvalue weighted by molar-refractivity contribution is 9.10.